The molecular weight excluding hydrogens is 314 g/mol. The molecule has 0 N–H and O–H groups in total. The fourth-order valence-electron chi connectivity index (χ4n) is 2.09. The van der Waals surface area contributed by atoms with Gasteiger partial charge in [-0.3, -0.25) is 4.79 Å². The normalized spacial score (nSPS) is 10.3. The molecule has 0 spiro atoms. The van der Waals surface area contributed by atoms with Crippen LogP contribution in [-0.4, -0.2) is 18.9 Å². The highest BCUT2D eigenvalue weighted by atomic mass is 79.9. The zero-order valence-electron chi connectivity index (χ0n) is 11.8. The lowest BCUT2D eigenvalue weighted by Crippen LogP contribution is -2.29. The quantitative estimate of drug-likeness (QED) is 0.753. The van der Waals surface area contributed by atoms with E-state index in [0.29, 0.717) is 6.54 Å². The van der Waals surface area contributed by atoms with Gasteiger partial charge in [-0.25, -0.2) is 0 Å². The number of rotatable bonds is 5. The summed E-state index contributed by atoms with van der Waals surface area (Å²) in [7, 11) is 0. The topological polar surface area (TPSA) is 20.3 Å². The fourth-order valence-corrected chi connectivity index (χ4v) is 2.59. The number of aryl methyl sites for hydroxylation is 1. The molecule has 104 valence electrons. The first kappa shape index (κ1) is 14.8. The maximum atomic E-state index is 12.4. The largest absolute Gasteiger partial charge is 0.364 e. The highest BCUT2D eigenvalue weighted by Crippen LogP contribution is 2.19. The summed E-state index contributed by atoms with van der Waals surface area (Å²) >= 11 is 3.44. The number of anilines is 1. The third kappa shape index (κ3) is 3.48. The lowest BCUT2D eigenvalue weighted by atomic mass is 10.1. The van der Waals surface area contributed by atoms with Crippen molar-refractivity contribution in [3.8, 4) is 0 Å². The summed E-state index contributed by atoms with van der Waals surface area (Å²) in [6.07, 6.45) is 0. The highest BCUT2D eigenvalue weighted by Gasteiger charge is 2.14. The van der Waals surface area contributed by atoms with Crippen molar-refractivity contribution < 1.29 is 4.79 Å². The molecule has 0 radical (unpaired) electrons. The summed E-state index contributed by atoms with van der Waals surface area (Å²) in [6.45, 7) is 5.32. The number of Topliss-reactive ketones (excluding diaryl/α,β-unsaturated/α-hetero) is 1. The van der Waals surface area contributed by atoms with E-state index in [0.717, 1.165) is 22.3 Å². The van der Waals surface area contributed by atoms with Gasteiger partial charge >= 0.3 is 0 Å². The molecule has 0 unspecified atom stereocenters. The summed E-state index contributed by atoms with van der Waals surface area (Å²) in [6, 6.07) is 15.8. The molecule has 20 heavy (non-hydrogen) atoms. The van der Waals surface area contributed by atoms with Crippen LogP contribution in [0.5, 0.6) is 0 Å². The second-order valence-corrected chi connectivity index (χ2v) is 5.61. The number of carbonyl (C=O) groups excluding carboxylic acids is 1. The van der Waals surface area contributed by atoms with E-state index in [2.05, 4.69) is 58.9 Å². The first-order valence-corrected chi connectivity index (χ1v) is 7.50. The number of carbonyl (C=O) groups is 1. The van der Waals surface area contributed by atoms with Crippen LogP contribution >= 0.6 is 15.9 Å². The van der Waals surface area contributed by atoms with Crippen molar-refractivity contribution in [1.29, 1.82) is 0 Å². The molecule has 2 rings (SSSR count). The van der Waals surface area contributed by atoms with E-state index in [-0.39, 0.29) is 5.78 Å². The molecule has 0 aliphatic rings. The molecule has 0 saturated carbocycles. The fraction of sp³-hybridized carbons (Fsp3) is 0.235. The van der Waals surface area contributed by atoms with E-state index in [4.69, 9.17) is 0 Å². The zero-order valence-corrected chi connectivity index (χ0v) is 13.4. The van der Waals surface area contributed by atoms with Crippen LogP contribution in [0.15, 0.2) is 53.0 Å². The van der Waals surface area contributed by atoms with Crippen LogP contribution in [0, 0.1) is 6.92 Å². The van der Waals surface area contributed by atoms with E-state index in [1.807, 2.05) is 24.3 Å². The van der Waals surface area contributed by atoms with Crippen LogP contribution in [0.4, 0.5) is 5.69 Å². The van der Waals surface area contributed by atoms with Crippen LogP contribution in [0.1, 0.15) is 22.8 Å². The van der Waals surface area contributed by atoms with Crippen LogP contribution in [0.2, 0.25) is 0 Å². The molecule has 0 fully saturated rings. The van der Waals surface area contributed by atoms with E-state index in [1.54, 1.807) is 0 Å². The van der Waals surface area contributed by atoms with Crippen LogP contribution in [-0.2, 0) is 0 Å². The maximum absolute atomic E-state index is 12.4. The average Bonchev–Trinajstić information content (AvgIpc) is 2.46. The molecule has 0 heterocycles. The molecule has 0 aliphatic carbocycles. The Morgan fingerprint density at radius 3 is 2.35 bits per heavy atom. The number of ketones is 1. The Hall–Kier alpha value is -1.61. The Morgan fingerprint density at radius 1 is 1.10 bits per heavy atom. The molecule has 2 aromatic rings. The molecule has 3 heteroatoms. The van der Waals surface area contributed by atoms with Crippen molar-refractivity contribution in [1.82, 2.24) is 0 Å². The Labute approximate surface area is 128 Å². The van der Waals surface area contributed by atoms with Gasteiger partial charge in [0.1, 0.15) is 0 Å². The number of hydrogen-bond acceptors (Lipinski definition) is 2. The van der Waals surface area contributed by atoms with Crippen molar-refractivity contribution in [2.75, 3.05) is 18.0 Å². The van der Waals surface area contributed by atoms with Crippen molar-refractivity contribution in [3.63, 3.8) is 0 Å². The maximum Gasteiger partial charge on any atom is 0.183 e. The summed E-state index contributed by atoms with van der Waals surface area (Å²) < 4.78 is 0.852. The predicted octanol–water partition coefficient (Wildman–Crippen LogP) is 4.47. The van der Waals surface area contributed by atoms with Crippen LogP contribution in [0.25, 0.3) is 0 Å². The highest BCUT2D eigenvalue weighted by molar-refractivity contribution is 9.10. The van der Waals surface area contributed by atoms with Crippen molar-refractivity contribution in [2.45, 2.75) is 13.8 Å². The third-order valence-electron chi connectivity index (χ3n) is 3.29. The van der Waals surface area contributed by atoms with E-state index < -0.39 is 0 Å². The van der Waals surface area contributed by atoms with Gasteiger partial charge in [0, 0.05) is 22.3 Å². The minimum absolute atomic E-state index is 0.125. The Kier molecular flexibility index (Phi) is 4.96. The molecule has 0 bridgehead atoms. The summed E-state index contributed by atoms with van der Waals surface area (Å²) in [5.41, 5.74) is 3.04. The van der Waals surface area contributed by atoms with E-state index in [9.17, 15) is 4.79 Å². The molecule has 0 saturated heterocycles. The van der Waals surface area contributed by atoms with Gasteiger partial charge in [-0.2, -0.15) is 0 Å². The second-order valence-electron chi connectivity index (χ2n) is 4.75. The number of benzene rings is 2. The number of halogens is 1. The summed E-state index contributed by atoms with van der Waals surface area (Å²) in [5, 5.41) is 0. The first-order valence-electron chi connectivity index (χ1n) is 6.71. The average molecular weight is 332 g/mol. The van der Waals surface area contributed by atoms with Crippen LogP contribution < -0.4 is 4.90 Å². The Balaban J connectivity index is 2.16. The molecule has 0 atom stereocenters. The number of nitrogens with zero attached hydrogens (tertiary/aromatic N) is 1. The minimum atomic E-state index is 0.125. The lowest BCUT2D eigenvalue weighted by Gasteiger charge is -2.22. The number of hydrogen-bond donors (Lipinski definition) is 0. The minimum Gasteiger partial charge on any atom is -0.364 e. The van der Waals surface area contributed by atoms with Gasteiger partial charge in [0.15, 0.2) is 5.78 Å². The van der Waals surface area contributed by atoms with Crippen molar-refractivity contribution in [3.05, 3.63) is 64.1 Å². The summed E-state index contributed by atoms with van der Waals surface area (Å²) in [5.74, 6) is 0.125. The third-order valence-corrected chi connectivity index (χ3v) is 3.98. The molecule has 2 nitrogen and oxygen atoms in total. The van der Waals surface area contributed by atoms with E-state index >= 15 is 0 Å². The van der Waals surface area contributed by atoms with Gasteiger partial charge in [0.05, 0.1) is 6.54 Å². The van der Waals surface area contributed by atoms with Gasteiger partial charge < -0.3 is 4.90 Å². The predicted molar refractivity (Wildman–Crippen MR) is 87.5 cm³/mol. The second kappa shape index (κ2) is 6.71. The Bertz CT molecular complexity index is 592. The van der Waals surface area contributed by atoms with Gasteiger partial charge in [-0.05, 0) is 32.0 Å². The molecular formula is C17H18BrNO. The van der Waals surface area contributed by atoms with Crippen molar-refractivity contribution >= 4 is 27.4 Å². The molecule has 2 aromatic carbocycles. The smallest absolute Gasteiger partial charge is 0.183 e. The first-order chi connectivity index (χ1) is 9.61. The van der Waals surface area contributed by atoms with Gasteiger partial charge in [-0.1, -0.05) is 51.8 Å². The zero-order chi connectivity index (χ0) is 14.5. The lowest BCUT2D eigenvalue weighted by molar-refractivity contribution is 0.0998. The molecule has 0 aliphatic heterocycles. The van der Waals surface area contributed by atoms with Gasteiger partial charge in [0.25, 0.3) is 0 Å². The van der Waals surface area contributed by atoms with Crippen LogP contribution in [0.3, 0.4) is 0 Å². The number of likely N-dealkylation sites (N-methyl/N-ethyl adjacent to an activating group) is 1. The van der Waals surface area contributed by atoms with E-state index in [1.165, 1.54) is 5.56 Å². The van der Waals surface area contributed by atoms with Gasteiger partial charge in [-0.15, -0.1) is 0 Å². The molecule has 0 amide bonds. The standard InChI is InChI=1S/C17H18BrNO/c1-3-19(14-10-8-13(2)9-11-14)12-17(20)15-6-4-5-7-16(15)18/h4-11H,3,12H2,1-2H3. The summed E-state index contributed by atoms with van der Waals surface area (Å²) in [4.78, 5) is 14.5. The Morgan fingerprint density at radius 2 is 1.75 bits per heavy atom. The monoisotopic (exact) mass is 331 g/mol. The molecule has 0 aromatic heterocycles. The SMILES string of the molecule is CCN(CC(=O)c1ccccc1Br)c1ccc(C)cc1. The van der Waals surface area contributed by atoms with Crippen molar-refractivity contribution in [2.24, 2.45) is 0 Å². The van der Waals surface area contributed by atoms with Gasteiger partial charge in [0.2, 0.25) is 0 Å².